The maximum Gasteiger partial charge on any atom is 0.278 e. The Bertz CT molecular complexity index is 365. The number of rotatable bonds is 1. The summed E-state index contributed by atoms with van der Waals surface area (Å²) >= 11 is 0. The molecule has 1 aliphatic heterocycles. The third-order valence-electron chi connectivity index (χ3n) is 2.03. The minimum absolute atomic E-state index is 0.331. The van der Waals surface area contributed by atoms with Gasteiger partial charge in [-0.15, -0.1) is 0 Å². The van der Waals surface area contributed by atoms with E-state index in [4.69, 9.17) is 9.94 Å². The van der Waals surface area contributed by atoms with Crippen LogP contribution in [0.15, 0.2) is 18.2 Å². The number of benzene rings is 1. The zero-order valence-corrected chi connectivity index (χ0v) is 7.41. The molecule has 0 saturated carbocycles. The van der Waals surface area contributed by atoms with Crippen LogP contribution in [-0.2, 0) is 0 Å². The van der Waals surface area contributed by atoms with Crippen molar-refractivity contribution in [3.63, 3.8) is 0 Å². The number of nitrogens with one attached hydrogen (secondary N) is 2. The second-order valence-electron chi connectivity index (χ2n) is 2.90. The number of carbonyl (C=O) groups is 1. The van der Waals surface area contributed by atoms with Gasteiger partial charge in [-0.1, -0.05) is 6.07 Å². The largest absolute Gasteiger partial charge is 0.489 e. The number of ether oxygens (including phenoxy) is 1. The van der Waals surface area contributed by atoms with Gasteiger partial charge >= 0.3 is 0 Å². The molecular weight excluding hydrogens is 184 g/mol. The Morgan fingerprint density at radius 3 is 3.21 bits per heavy atom. The van der Waals surface area contributed by atoms with Crippen molar-refractivity contribution in [2.75, 3.05) is 18.5 Å². The summed E-state index contributed by atoms with van der Waals surface area (Å²) in [5.41, 5.74) is 2.69. The molecule has 5 nitrogen and oxygen atoms in total. The van der Waals surface area contributed by atoms with Crippen LogP contribution >= 0.6 is 0 Å². The summed E-state index contributed by atoms with van der Waals surface area (Å²) in [5, 5.41) is 11.6. The molecule has 0 aromatic heterocycles. The van der Waals surface area contributed by atoms with Crippen molar-refractivity contribution in [1.29, 1.82) is 0 Å². The molecule has 5 heteroatoms. The Labute approximate surface area is 80.6 Å². The van der Waals surface area contributed by atoms with E-state index < -0.39 is 5.91 Å². The van der Waals surface area contributed by atoms with Crippen LogP contribution < -0.4 is 15.5 Å². The highest BCUT2D eigenvalue weighted by atomic mass is 16.5. The molecule has 14 heavy (non-hydrogen) atoms. The predicted molar refractivity (Wildman–Crippen MR) is 49.7 cm³/mol. The fourth-order valence-corrected chi connectivity index (χ4v) is 1.41. The fraction of sp³-hybridized carbons (Fsp3) is 0.222. The molecule has 1 amide bonds. The molecule has 0 aliphatic carbocycles. The highest BCUT2D eigenvalue weighted by Crippen LogP contribution is 2.30. The molecular formula is C9H10N2O3. The Morgan fingerprint density at radius 1 is 1.57 bits per heavy atom. The second-order valence-corrected chi connectivity index (χ2v) is 2.90. The number of hydroxylamine groups is 1. The van der Waals surface area contributed by atoms with Gasteiger partial charge in [0, 0.05) is 6.54 Å². The van der Waals surface area contributed by atoms with Crippen molar-refractivity contribution in [3.8, 4) is 5.75 Å². The van der Waals surface area contributed by atoms with Gasteiger partial charge < -0.3 is 10.1 Å². The van der Waals surface area contributed by atoms with Crippen LogP contribution in [0.25, 0.3) is 0 Å². The number of hydrogen-bond acceptors (Lipinski definition) is 4. The molecule has 0 fully saturated rings. The molecule has 0 bridgehead atoms. The zero-order chi connectivity index (χ0) is 9.97. The predicted octanol–water partition coefficient (Wildman–Crippen LogP) is 0.610. The van der Waals surface area contributed by atoms with Crippen molar-refractivity contribution in [1.82, 2.24) is 5.48 Å². The van der Waals surface area contributed by atoms with Crippen LogP contribution in [0, 0.1) is 0 Å². The molecule has 0 atom stereocenters. The van der Waals surface area contributed by atoms with Crippen LogP contribution in [0.3, 0.4) is 0 Å². The lowest BCUT2D eigenvalue weighted by atomic mass is 10.1. The quantitative estimate of drug-likeness (QED) is 0.452. The summed E-state index contributed by atoms with van der Waals surface area (Å²) in [7, 11) is 0. The minimum Gasteiger partial charge on any atom is -0.489 e. The number of carbonyl (C=O) groups excluding carboxylic acids is 1. The first-order valence-corrected chi connectivity index (χ1v) is 4.27. The molecule has 1 aliphatic rings. The van der Waals surface area contributed by atoms with Crippen LogP contribution in [0.5, 0.6) is 5.75 Å². The number of fused-ring (bicyclic) bond motifs is 1. The molecule has 0 saturated heterocycles. The zero-order valence-electron chi connectivity index (χ0n) is 7.41. The summed E-state index contributed by atoms with van der Waals surface area (Å²) in [6.07, 6.45) is 0. The Morgan fingerprint density at radius 2 is 2.43 bits per heavy atom. The van der Waals surface area contributed by atoms with Crippen molar-refractivity contribution in [2.45, 2.75) is 0 Å². The number of amides is 1. The molecule has 3 N–H and O–H groups in total. The minimum atomic E-state index is -0.564. The highest BCUT2D eigenvalue weighted by molar-refractivity contribution is 5.98. The van der Waals surface area contributed by atoms with Crippen LogP contribution in [-0.4, -0.2) is 24.3 Å². The van der Waals surface area contributed by atoms with Crippen LogP contribution in [0.4, 0.5) is 5.69 Å². The maximum absolute atomic E-state index is 11.2. The smallest absolute Gasteiger partial charge is 0.278 e. The average molecular weight is 194 g/mol. The standard InChI is InChI=1S/C9H10N2O3/c12-9(11-13)6-2-1-3-7-8(6)14-5-4-10-7/h1-3,10,13H,4-5H2,(H,11,12). The molecule has 1 heterocycles. The van der Waals surface area contributed by atoms with E-state index >= 15 is 0 Å². The van der Waals surface area contributed by atoms with Crippen molar-refractivity contribution in [3.05, 3.63) is 23.8 Å². The van der Waals surface area contributed by atoms with E-state index in [1.807, 2.05) is 6.07 Å². The topological polar surface area (TPSA) is 70.6 Å². The lowest BCUT2D eigenvalue weighted by Crippen LogP contribution is -2.24. The highest BCUT2D eigenvalue weighted by Gasteiger charge is 2.18. The Kier molecular flexibility index (Phi) is 2.24. The van der Waals surface area contributed by atoms with Gasteiger partial charge in [0.25, 0.3) is 5.91 Å². The monoisotopic (exact) mass is 194 g/mol. The van der Waals surface area contributed by atoms with Crippen molar-refractivity contribution < 1.29 is 14.7 Å². The van der Waals surface area contributed by atoms with E-state index in [9.17, 15) is 4.79 Å². The SMILES string of the molecule is O=C(NO)c1cccc2c1OCCN2. The molecule has 0 unspecified atom stereocenters. The van der Waals surface area contributed by atoms with Gasteiger partial charge in [-0.25, -0.2) is 5.48 Å². The van der Waals surface area contributed by atoms with E-state index in [1.54, 1.807) is 17.6 Å². The maximum atomic E-state index is 11.2. The van der Waals surface area contributed by atoms with Gasteiger partial charge in [-0.2, -0.15) is 0 Å². The molecule has 0 spiro atoms. The molecule has 2 rings (SSSR count). The second kappa shape index (κ2) is 3.55. The molecule has 1 aromatic carbocycles. The van der Waals surface area contributed by atoms with Crippen molar-refractivity contribution in [2.24, 2.45) is 0 Å². The van der Waals surface area contributed by atoms with Gasteiger partial charge in [-0.05, 0) is 12.1 Å². The van der Waals surface area contributed by atoms with Crippen molar-refractivity contribution >= 4 is 11.6 Å². The van der Waals surface area contributed by atoms with Gasteiger partial charge in [0.1, 0.15) is 6.61 Å². The average Bonchev–Trinajstić information content (AvgIpc) is 2.27. The fourth-order valence-electron chi connectivity index (χ4n) is 1.41. The van der Waals surface area contributed by atoms with Gasteiger partial charge in [-0.3, -0.25) is 10.0 Å². The summed E-state index contributed by atoms with van der Waals surface area (Å²) < 4.78 is 5.34. The molecule has 0 radical (unpaired) electrons. The lowest BCUT2D eigenvalue weighted by Gasteiger charge is -2.20. The van der Waals surface area contributed by atoms with E-state index in [-0.39, 0.29) is 0 Å². The third-order valence-corrected chi connectivity index (χ3v) is 2.03. The Balaban J connectivity index is 2.45. The summed E-state index contributed by atoms with van der Waals surface area (Å²) in [4.78, 5) is 11.2. The normalized spacial score (nSPS) is 13.5. The third kappa shape index (κ3) is 1.38. The lowest BCUT2D eigenvalue weighted by molar-refractivity contribution is 0.0702. The number of anilines is 1. The molecule has 74 valence electrons. The number of para-hydroxylation sites is 1. The van der Waals surface area contributed by atoms with E-state index in [1.165, 1.54) is 0 Å². The van der Waals surface area contributed by atoms with E-state index in [0.717, 1.165) is 12.2 Å². The first-order valence-electron chi connectivity index (χ1n) is 4.27. The Hall–Kier alpha value is -1.75. The van der Waals surface area contributed by atoms with Crippen LogP contribution in [0.2, 0.25) is 0 Å². The van der Waals surface area contributed by atoms with Gasteiger partial charge in [0.2, 0.25) is 0 Å². The van der Waals surface area contributed by atoms with E-state index in [0.29, 0.717) is 17.9 Å². The summed E-state index contributed by atoms with van der Waals surface area (Å²) in [6, 6.07) is 5.14. The molecule has 1 aromatic rings. The number of hydrogen-bond donors (Lipinski definition) is 3. The van der Waals surface area contributed by atoms with E-state index in [2.05, 4.69) is 5.32 Å². The van der Waals surface area contributed by atoms with Gasteiger partial charge in [0.05, 0.1) is 11.3 Å². The summed E-state index contributed by atoms with van der Waals surface area (Å²) in [6.45, 7) is 1.24. The van der Waals surface area contributed by atoms with Crippen LogP contribution in [0.1, 0.15) is 10.4 Å². The first-order chi connectivity index (χ1) is 6.83. The summed E-state index contributed by atoms with van der Waals surface area (Å²) in [5.74, 6) is -0.0733. The van der Waals surface area contributed by atoms with Gasteiger partial charge in [0.15, 0.2) is 5.75 Å². The first kappa shape index (κ1) is 8.83.